The molecule has 0 bridgehead atoms. The molecule has 1 saturated heterocycles. The Kier molecular flexibility index (Phi) is 4.96. The van der Waals surface area contributed by atoms with E-state index < -0.39 is 0 Å². The summed E-state index contributed by atoms with van der Waals surface area (Å²) in [5.41, 5.74) is 1.59. The summed E-state index contributed by atoms with van der Waals surface area (Å²) in [6.45, 7) is 8.81. The topological polar surface area (TPSA) is 61.0 Å². The van der Waals surface area contributed by atoms with E-state index in [0.29, 0.717) is 12.1 Å². The number of aromatic nitrogens is 2. The average molecular weight is 314 g/mol. The molecule has 1 aliphatic heterocycles. The summed E-state index contributed by atoms with van der Waals surface area (Å²) in [6, 6.07) is 5.66. The summed E-state index contributed by atoms with van der Waals surface area (Å²) < 4.78 is 0. The van der Waals surface area contributed by atoms with E-state index in [2.05, 4.69) is 34.3 Å². The molecule has 5 nitrogen and oxygen atoms in total. The number of carbonyl (C=O) groups is 1. The number of H-pyrrole nitrogens is 1. The number of aromatic amines is 1. The maximum absolute atomic E-state index is 12.3. The minimum absolute atomic E-state index is 0.0163. The van der Waals surface area contributed by atoms with Crippen molar-refractivity contribution >= 4 is 16.8 Å². The Hall–Kier alpha value is -1.88. The van der Waals surface area contributed by atoms with Crippen LogP contribution in [0.2, 0.25) is 0 Å². The molecule has 2 aromatic rings. The molecule has 23 heavy (non-hydrogen) atoms. The molecular weight excluding hydrogens is 288 g/mol. The highest BCUT2D eigenvalue weighted by Gasteiger charge is 2.21. The van der Waals surface area contributed by atoms with E-state index in [1.54, 1.807) is 6.20 Å². The second kappa shape index (κ2) is 7.13. The molecule has 3 rings (SSSR count). The van der Waals surface area contributed by atoms with E-state index in [0.717, 1.165) is 35.7 Å². The van der Waals surface area contributed by atoms with Crippen LogP contribution in [0.1, 0.15) is 37.0 Å². The number of amides is 1. The fraction of sp³-hybridized carbons (Fsp3) is 0.556. The normalized spacial score (nSPS) is 22.3. The van der Waals surface area contributed by atoms with Gasteiger partial charge in [-0.2, -0.15) is 5.10 Å². The van der Waals surface area contributed by atoms with Gasteiger partial charge in [0.2, 0.25) is 0 Å². The predicted octanol–water partition coefficient (Wildman–Crippen LogP) is 2.66. The molecule has 2 atom stereocenters. The number of likely N-dealkylation sites (tertiary alicyclic amines) is 1. The molecule has 1 amide bonds. The molecule has 2 N–H and O–H groups in total. The first kappa shape index (κ1) is 16.0. The first-order valence-corrected chi connectivity index (χ1v) is 8.56. The molecule has 2 heterocycles. The average Bonchev–Trinajstić information content (AvgIpc) is 2.99. The van der Waals surface area contributed by atoms with E-state index in [1.165, 1.54) is 19.5 Å². The van der Waals surface area contributed by atoms with Crippen LogP contribution in [-0.2, 0) is 0 Å². The fourth-order valence-electron chi connectivity index (χ4n) is 3.74. The molecule has 0 saturated carbocycles. The van der Waals surface area contributed by atoms with Crippen LogP contribution in [0.3, 0.4) is 0 Å². The third-order valence-corrected chi connectivity index (χ3v) is 4.61. The largest absolute Gasteiger partial charge is 0.352 e. The van der Waals surface area contributed by atoms with Crippen LogP contribution in [0.5, 0.6) is 0 Å². The summed E-state index contributed by atoms with van der Waals surface area (Å²) in [5.74, 6) is 1.55. The van der Waals surface area contributed by atoms with Crippen LogP contribution < -0.4 is 5.32 Å². The number of nitrogens with one attached hydrogen (secondary N) is 2. The number of carbonyl (C=O) groups excluding carboxylic acids is 1. The monoisotopic (exact) mass is 314 g/mol. The lowest BCUT2D eigenvalue weighted by molar-refractivity contribution is 0.0949. The fourth-order valence-corrected chi connectivity index (χ4v) is 3.74. The van der Waals surface area contributed by atoms with Gasteiger partial charge in [0.25, 0.3) is 5.91 Å². The minimum Gasteiger partial charge on any atom is -0.352 e. The molecule has 1 aliphatic rings. The molecule has 1 aromatic carbocycles. The van der Waals surface area contributed by atoms with Crippen molar-refractivity contribution in [3.05, 3.63) is 30.0 Å². The van der Waals surface area contributed by atoms with Crippen LogP contribution in [0, 0.1) is 11.8 Å². The molecule has 0 spiro atoms. The predicted molar refractivity (Wildman–Crippen MR) is 92.4 cm³/mol. The van der Waals surface area contributed by atoms with Crippen LogP contribution in [0.25, 0.3) is 10.9 Å². The Morgan fingerprint density at radius 3 is 2.91 bits per heavy atom. The van der Waals surface area contributed by atoms with Gasteiger partial charge >= 0.3 is 0 Å². The third-order valence-electron chi connectivity index (χ3n) is 4.61. The van der Waals surface area contributed by atoms with E-state index in [1.807, 2.05) is 18.2 Å². The number of piperidine rings is 1. The van der Waals surface area contributed by atoms with Gasteiger partial charge < -0.3 is 10.2 Å². The quantitative estimate of drug-likeness (QED) is 0.834. The standard InChI is InChI=1S/C18H26N4O/c1-13-9-14(2)12-22(11-13)8-4-7-19-18(23)15-5-3-6-17-16(15)10-20-21-17/h3,5-6,10,13-14H,4,7-9,11-12H2,1-2H3,(H,19,23)(H,20,21)/t13-,14-/m1/s1. The van der Waals surface area contributed by atoms with Gasteiger partial charge in [-0.25, -0.2) is 0 Å². The molecule has 5 heteroatoms. The molecule has 124 valence electrons. The lowest BCUT2D eigenvalue weighted by atomic mass is 9.92. The van der Waals surface area contributed by atoms with Crippen LogP contribution in [0.4, 0.5) is 0 Å². The number of rotatable bonds is 5. The van der Waals surface area contributed by atoms with Gasteiger partial charge in [-0.3, -0.25) is 9.89 Å². The van der Waals surface area contributed by atoms with Crippen molar-refractivity contribution in [3.8, 4) is 0 Å². The van der Waals surface area contributed by atoms with Crippen LogP contribution in [0.15, 0.2) is 24.4 Å². The zero-order valence-electron chi connectivity index (χ0n) is 14.0. The molecule has 1 aromatic heterocycles. The molecule has 0 aliphatic carbocycles. The SMILES string of the molecule is C[C@@H]1C[C@@H](C)CN(CCCNC(=O)c2cccc3[nH]ncc23)C1. The zero-order valence-corrected chi connectivity index (χ0v) is 14.0. The van der Waals surface area contributed by atoms with Crippen molar-refractivity contribution in [2.45, 2.75) is 26.7 Å². The number of benzene rings is 1. The zero-order chi connectivity index (χ0) is 16.2. The van der Waals surface area contributed by atoms with Crippen molar-refractivity contribution in [2.24, 2.45) is 11.8 Å². The van der Waals surface area contributed by atoms with Gasteiger partial charge in [0.1, 0.15) is 0 Å². The van der Waals surface area contributed by atoms with Crippen molar-refractivity contribution in [1.29, 1.82) is 0 Å². The number of hydrogen-bond acceptors (Lipinski definition) is 3. The smallest absolute Gasteiger partial charge is 0.252 e. The van der Waals surface area contributed by atoms with Crippen LogP contribution in [-0.4, -0.2) is 47.2 Å². The molecule has 0 unspecified atom stereocenters. The highest BCUT2D eigenvalue weighted by atomic mass is 16.1. The Balaban J connectivity index is 1.47. The molecular formula is C18H26N4O. The van der Waals surface area contributed by atoms with Gasteiger partial charge in [0, 0.05) is 25.0 Å². The highest BCUT2D eigenvalue weighted by molar-refractivity contribution is 6.05. The first-order chi connectivity index (χ1) is 11.1. The van der Waals surface area contributed by atoms with E-state index >= 15 is 0 Å². The summed E-state index contributed by atoms with van der Waals surface area (Å²) in [7, 11) is 0. The third kappa shape index (κ3) is 3.91. The Labute approximate surface area is 137 Å². The van der Waals surface area contributed by atoms with Crippen molar-refractivity contribution < 1.29 is 4.79 Å². The Morgan fingerprint density at radius 1 is 1.35 bits per heavy atom. The lowest BCUT2D eigenvalue weighted by Crippen LogP contribution is -2.40. The molecule has 1 fully saturated rings. The van der Waals surface area contributed by atoms with Crippen molar-refractivity contribution in [3.63, 3.8) is 0 Å². The van der Waals surface area contributed by atoms with E-state index in [4.69, 9.17) is 0 Å². The van der Waals surface area contributed by atoms with Gasteiger partial charge in [-0.15, -0.1) is 0 Å². The Morgan fingerprint density at radius 2 is 2.13 bits per heavy atom. The second-order valence-electron chi connectivity index (χ2n) is 6.95. The van der Waals surface area contributed by atoms with Gasteiger partial charge in [-0.05, 0) is 43.4 Å². The summed E-state index contributed by atoms with van der Waals surface area (Å²) in [5, 5.41) is 10.8. The second-order valence-corrected chi connectivity index (χ2v) is 6.95. The maximum atomic E-state index is 12.3. The van der Waals surface area contributed by atoms with Crippen molar-refractivity contribution in [1.82, 2.24) is 20.4 Å². The lowest BCUT2D eigenvalue weighted by Gasteiger charge is -2.34. The highest BCUT2D eigenvalue weighted by Crippen LogP contribution is 2.20. The molecule has 0 radical (unpaired) electrons. The van der Waals surface area contributed by atoms with Gasteiger partial charge in [-0.1, -0.05) is 19.9 Å². The first-order valence-electron chi connectivity index (χ1n) is 8.56. The summed E-state index contributed by atoms with van der Waals surface area (Å²) in [4.78, 5) is 14.9. The number of fused-ring (bicyclic) bond motifs is 1. The van der Waals surface area contributed by atoms with Gasteiger partial charge in [0.05, 0.1) is 17.3 Å². The maximum Gasteiger partial charge on any atom is 0.252 e. The minimum atomic E-state index is -0.0163. The number of hydrogen-bond donors (Lipinski definition) is 2. The number of nitrogens with zero attached hydrogens (tertiary/aromatic N) is 2. The van der Waals surface area contributed by atoms with E-state index in [-0.39, 0.29) is 5.91 Å². The summed E-state index contributed by atoms with van der Waals surface area (Å²) >= 11 is 0. The Bertz CT molecular complexity index is 656. The van der Waals surface area contributed by atoms with E-state index in [9.17, 15) is 4.79 Å². The van der Waals surface area contributed by atoms with Crippen LogP contribution >= 0.6 is 0 Å². The van der Waals surface area contributed by atoms with Crippen molar-refractivity contribution in [2.75, 3.05) is 26.2 Å². The summed E-state index contributed by atoms with van der Waals surface area (Å²) in [6.07, 6.45) is 4.04. The van der Waals surface area contributed by atoms with Gasteiger partial charge in [0.15, 0.2) is 0 Å².